The molecule has 0 saturated carbocycles. The fraction of sp³-hybridized carbons (Fsp3) is 0.0455. The van der Waals surface area contributed by atoms with Crippen molar-refractivity contribution in [2.75, 3.05) is 5.32 Å². The van der Waals surface area contributed by atoms with Gasteiger partial charge in [0.15, 0.2) is 5.78 Å². The van der Waals surface area contributed by atoms with Gasteiger partial charge in [0.2, 0.25) is 0 Å². The first kappa shape index (κ1) is 17.9. The van der Waals surface area contributed by atoms with Crippen LogP contribution in [0.1, 0.15) is 37.5 Å². The van der Waals surface area contributed by atoms with Crippen LogP contribution in [-0.4, -0.2) is 21.9 Å². The maximum atomic E-state index is 12.6. The Kier molecular flexibility index (Phi) is 4.87. The average Bonchev–Trinajstić information content (AvgIpc) is 3.35. The summed E-state index contributed by atoms with van der Waals surface area (Å²) >= 11 is 1.19. The Bertz CT molecular complexity index is 1200. The molecule has 0 aliphatic rings. The maximum absolute atomic E-state index is 12.6. The Morgan fingerprint density at radius 3 is 2.54 bits per heavy atom. The summed E-state index contributed by atoms with van der Waals surface area (Å²) in [6, 6.07) is 18.8. The second-order valence-corrected chi connectivity index (χ2v) is 7.33. The lowest BCUT2D eigenvalue weighted by Crippen LogP contribution is -2.11. The summed E-state index contributed by atoms with van der Waals surface area (Å²) in [4.78, 5) is 25.1. The quantitative estimate of drug-likeness (QED) is 0.459. The smallest absolute Gasteiger partial charge is 0.265 e. The third-order valence-corrected chi connectivity index (χ3v) is 5.49. The molecule has 0 spiro atoms. The number of rotatable bonds is 5. The lowest BCUT2D eigenvalue weighted by molar-refractivity contribution is 0.101. The first-order chi connectivity index (χ1) is 13.6. The highest BCUT2D eigenvalue weighted by atomic mass is 32.1. The summed E-state index contributed by atoms with van der Waals surface area (Å²) in [7, 11) is 0. The van der Waals surface area contributed by atoms with Gasteiger partial charge in [-0.05, 0) is 42.8 Å². The maximum Gasteiger partial charge on any atom is 0.265 e. The highest BCUT2D eigenvalue weighted by Crippen LogP contribution is 2.23. The molecule has 5 nitrogen and oxygen atoms in total. The molecule has 2 aromatic heterocycles. The van der Waals surface area contributed by atoms with E-state index in [0.717, 1.165) is 22.2 Å². The average molecular weight is 387 g/mol. The Labute approximate surface area is 165 Å². The second kappa shape index (κ2) is 7.62. The SMILES string of the molecule is CC(=O)c1ccc(C(=O)Nc2ccccc2/C=C/c2n[nH]c3ccccc23)s1. The number of benzene rings is 2. The number of amides is 1. The summed E-state index contributed by atoms with van der Waals surface area (Å²) in [6.45, 7) is 1.49. The zero-order chi connectivity index (χ0) is 19.5. The highest BCUT2D eigenvalue weighted by molar-refractivity contribution is 7.16. The van der Waals surface area contributed by atoms with Gasteiger partial charge in [0.25, 0.3) is 5.91 Å². The van der Waals surface area contributed by atoms with Gasteiger partial charge in [0.1, 0.15) is 0 Å². The van der Waals surface area contributed by atoms with Crippen LogP contribution in [0.15, 0.2) is 60.7 Å². The molecule has 0 aliphatic heterocycles. The molecule has 4 rings (SSSR count). The second-order valence-electron chi connectivity index (χ2n) is 6.25. The number of aromatic amines is 1. The predicted octanol–water partition coefficient (Wildman–Crippen LogP) is 5.25. The van der Waals surface area contributed by atoms with Gasteiger partial charge in [-0.3, -0.25) is 14.7 Å². The summed E-state index contributed by atoms with van der Waals surface area (Å²) in [5.74, 6) is -0.276. The molecule has 0 atom stereocenters. The zero-order valence-electron chi connectivity index (χ0n) is 15.1. The number of nitrogens with zero attached hydrogens (tertiary/aromatic N) is 1. The van der Waals surface area contributed by atoms with Crippen LogP contribution in [0.5, 0.6) is 0 Å². The van der Waals surface area contributed by atoms with E-state index in [-0.39, 0.29) is 11.7 Å². The Morgan fingerprint density at radius 2 is 1.71 bits per heavy atom. The van der Waals surface area contributed by atoms with Gasteiger partial charge in [-0.1, -0.05) is 42.5 Å². The molecule has 4 aromatic rings. The van der Waals surface area contributed by atoms with Gasteiger partial charge in [-0.2, -0.15) is 5.10 Å². The molecule has 0 fully saturated rings. The minimum absolute atomic E-state index is 0.0430. The molecule has 2 heterocycles. The van der Waals surface area contributed by atoms with Crippen LogP contribution < -0.4 is 5.32 Å². The number of para-hydroxylation sites is 2. The number of hydrogen-bond acceptors (Lipinski definition) is 4. The normalized spacial score (nSPS) is 11.2. The van der Waals surface area contributed by atoms with E-state index >= 15 is 0 Å². The first-order valence-corrected chi connectivity index (χ1v) is 9.56. The lowest BCUT2D eigenvalue weighted by Gasteiger charge is -2.07. The van der Waals surface area contributed by atoms with E-state index in [0.29, 0.717) is 15.4 Å². The van der Waals surface area contributed by atoms with Gasteiger partial charge in [0, 0.05) is 11.1 Å². The van der Waals surface area contributed by atoms with Crippen LogP contribution in [0.25, 0.3) is 23.1 Å². The third kappa shape index (κ3) is 3.63. The topological polar surface area (TPSA) is 74.8 Å². The van der Waals surface area contributed by atoms with Crippen LogP contribution in [0.3, 0.4) is 0 Å². The molecule has 28 heavy (non-hydrogen) atoms. The molecule has 6 heteroatoms. The first-order valence-electron chi connectivity index (χ1n) is 8.74. The molecular formula is C22H17N3O2S. The summed E-state index contributed by atoms with van der Waals surface area (Å²) in [5.41, 5.74) is 3.37. The van der Waals surface area contributed by atoms with Gasteiger partial charge in [0.05, 0.1) is 21.0 Å². The number of H-pyrrole nitrogens is 1. The summed E-state index contributed by atoms with van der Waals surface area (Å²) in [5, 5.41) is 11.3. The molecule has 2 N–H and O–H groups in total. The molecule has 0 saturated heterocycles. The highest BCUT2D eigenvalue weighted by Gasteiger charge is 2.12. The third-order valence-electron chi connectivity index (χ3n) is 4.31. The van der Waals surface area contributed by atoms with Crippen LogP contribution in [-0.2, 0) is 0 Å². The van der Waals surface area contributed by atoms with Crippen molar-refractivity contribution in [3.8, 4) is 0 Å². The Morgan fingerprint density at radius 1 is 0.964 bits per heavy atom. The van der Waals surface area contributed by atoms with Crippen molar-refractivity contribution in [2.24, 2.45) is 0 Å². The van der Waals surface area contributed by atoms with Crippen molar-refractivity contribution in [1.29, 1.82) is 0 Å². The number of nitrogens with one attached hydrogen (secondary N) is 2. The fourth-order valence-electron chi connectivity index (χ4n) is 2.87. The van der Waals surface area contributed by atoms with Crippen molar-refractivity contribution >= 4 is 51.8 Å². The number of hydrogen-bond donors (Lipinski definition) is 2. The van der Waals surface area contributed by atoms with E-state index in [1.54, 1.807) is 12.1 Å². The van der Waals surface area contributed by atoms with E-state index in [1.807, 2.05) is 60.7 Å². The lowest BCUT2D eigenvalue weighted by atomic mass is 10.1. The molecule has 138 valence electrons. The van der Waals surface area contributed by atoms with Crippen LogP contribution >= 0.6 is 11.3 Å². The van der Waals surface area contributed by atoms with Crippen molar-refractivity contribution in [2.45, 2.75) is 6.92 Å². The van der Waals surface area contributed by atoms with Crippen molar-refractivity contribution in [3.63, 3.8) is 0 Å². The molecule has 0 bridgehead atoms. The zero-order valence-corrected chi connectivity index (χ0v) is 15.9. The van der Waals surface area contributed by atoms with Gasteiger partial charge >= 0.3 is 0 Å². The number of ketones is 1. The number of fused-ring (bicyclic) bond motifs is 1. The number of thiophene rings is 1. The summed E-state index contributed by atoms with van der Waals surface area (Å²) < 4.78 is 0. The minimum atomic E-state index is -0.233. The molecule has 0 aliphatic carbocycles. The molecule has 2 aromatic carbocycles. The summed E-state index contributed by atoms with van der Waals surface area (Å²) in [6.07, 6.45) is 3.84. The Balaban J connectivity index is 1.58. The predicted molar refractivity (Wildman–Crippen MR) is 114 cm³/mol. The van der Waals surface area contributed by atoms with E-state index in [4.69, 9.17) is 0 Å². The minimum Gasteiger partial charge on any atom is -0.321 e. The molecule has 0 unspecified atom stereocenters. The number of aromatic nitrogens is 2. The monoisotopic (exact) mass is 387 g/mol. The largest absolute Gasteiger partial charge is 0.321 e. The number of carbonyl (C=O) groups is 2. The van der Waals surface area contributed by atoms with Crippen LogP contribution in [0, 0.1) is 0 Å². The van der Waals surface area contributed by atoms with E-state index in [2.05, 4.69) is 15.5 Å². The number of anilines is 1. The fourth-order valence-corrected chi connectivity index (χ4v) is 3.67. The van der Waals surface area contributed by atoms with Crippen molar-refractivity contribution in [1.82, 2.24) is 10.2 Å². The molecular weight excluding hydrogens is 370 g/mol. The van der Waals surface area contributed by atoms with Crippen LogP contribution in [0.2, 0.25) is 0 Å². The van der Waals surface area contributed by atoms with Gasteiger partial charge in [-0.25, -0.2) is 0 Å². The number of Topliss-reactive ketones (excluding diaryl/α,β-unsaturated/α-hetero) is 1. The number of carbonyl (C=O) groups excluding carboxylic acids is 2. The van der Waals surface area contributed by atoms with E-state index in [9.17, 15) is 9.59 Å². The van der Waals surface area contributed by atoms with Crippen molar-refractivity contribution in [3.05, 3.63) is 81.7 Å². The van der Waals surface area contributed by atoms with Crippen molar-refractivity contribution < 1.29 is 9.59 Å². The van der Waals surface area contributed by atoms with Crippen LogP contribution in [0.4, 0.5) is 5.69 Å². The standard InChI is InChI=1S/C22H17N3O2S/c1-14(26)20-12-13-21(28-20)22(27)23-17-8-4-2-6-15(17)10-11-19-16-7-3-5-9-18(16)24-25-19/h2-13H,1H3,(H,23,27)(H,24,25)/b11-10+. The van der Waals surface area contributed by atoms with E-state index < -0.39 is 0 Å². The van der Waals surface area contributed by atoms with Gasteiger partial charge in [-0.15, -0.1) is 11.3 Å². The molecule has 1 amide bonds. The Hall–Kier alpha value is -3.51. The molecule has 0 radical (unpaired) electrons. The van der Waals surface area contributed by atoms with E-state index in [1.165, 1.54) is 18.3 Å². The van der Waals surface area contributed by atoms with Gasteiger partial charge < -0.3 is 5.32 Å².